The number of anilines is 1. The molecule has 0 N–H and O–H groups in total. The van der Waals surface area contributed by atoms with Crippen molar-refractivity contribution in [1.29, 1.82) is 0 Å². The van der Waals surface area contributed by atoms with Crippen molar-refractivity contribution in [2.24, 2.45) is 0 Å². The lowest BCUT2D eigenvalue weighted by Gasteiger charge is -2.32. The average molecular weight is 373 g/mol. The minimum Gasteiger partial charge on any atom is -0.368 e. The van der Waals surface area contributed by atoms with Gasteiger partial charge in [-0.05, 0) is 49.6 Å². The van der Waals surface area contributed by atoms with Crippen LogP contribution < -0.4 is 4.90 Å². The average Bonchev–Trinajstić information content (AvgIpc) is 2.66. The molecule has 0 saturated carbocycles. The Balaban J connectivity index is 1.93. The standard InChI is InChI=1S/C23H33ClN2/c1-3-4-5-6-7-8-11-20(2)26(23-14-9-13-22(24)18-23)17-15-21-12-10-16-25-19-21/h9-10,12-14,16,18-20H,3-8,11,15,17H2,1-2H3. The molecule has 0 amide bonds. The fraction of sp³-hybridized carbons (Fsp3) is 0.522. The molecule has 0 saturated heterocycles. The van der Waals surface area contributed by atoms with Crippen molar-refractivity contribution in [3.8, 4) is 0 Å². The van der Waals surface area contributed by atoms with Gasteiger partial charge >= 0.3 is 0 Å². The second kappa shape index (κ2) is 12.0. The number of hydrogen-bond donors (Lipinski definition) is 0. The first-order valence-electron chi connectivity index (χ1n) is 10.1. The first kappa shape index (κ1) is 20.8. The third-order valence-corrected chi connectivity index (χ3v) is 5.25. The summed E-state index contributed by atoms with van der Waals surface area (Å²) in [6, 6.07) is 12.9. The van der Waals surface area contributed by atoms with Gasteiger partial charge in [0.2, 0.25) is 0 Å². The molecule has 1 unspecified atom stereocenters. The van der Waals surface area contributed by atoms with E-state index < -0.39 is 0 Å². The molecule has 3 heteroatoms. The molecule has 0 aliphatic rings. The lowest BCUT2D eigenvalue weighted by molar-refractivity contribution is 0.525. The minimum absolute atomic E-state index is 0.510. The van der Waals surface area contributed by atoms with Crippen LogP contribution in [0.3, 0.4) is 0 Å². The second-order valence-electron chi connectivity index (χ2n) is 7.19. The summed E-state index contributed by atoms with van der Waals surface area (Å²) in [5.74, 6) is 0. The first-order chi connectivity index (χ1) is 12.7. The van der Waals surface area contributed by atoms with Crippen LogP contribution in [0, 0.1) is 0 Å². The summed E-state index contributed by atoms with van der Waals surface area (Å²) in [4.78, 5) is 6.74. The zero-order valence-corrected chi connectivity index (χ0v) is 17.1. The van der Waals surface area contributed by atoms with E-state index in [1.54, 1.807) is 0 Å². The van der Waals surface area contributed by atoms with E-state index in [9.17, 15) is 0 Å². The van der Waals surface area contributed by atoms with E-state index in [2.05, 4.69) is 41.9 Å². The number of hydrogen-bond acceptors (Lipinski definition) is 2. The number of nitrogens with zero attached hydrogens (tertiary/aromatic N) is 2. The summed E-state index contributed by atoms with van der Waals surface area (Å²) >= 11 is 6.25. The van der Waals surface area contributed by atoms with Crippen molar-refractivity contribution in [3.05, 3.63) is 59.4 Å². The van der Waals surface area contributed by atoms with Crippen molar-refractivity contribution in [1.82, 2.24) is 4.98 Å². The van der Waals surface area contributed by atoms with E-state index in [0.29, 0.717) is 6.04 Å². The number of benzene rings is 1. The highest BCUT2D eigenvalue weighted by Crippen LogP contribution is 2.24. The quantitative estimate of drug-likeness (QED) is 0.376. The number of rotatable bonds is 12. The molecule has 1 aromatic heterocycles. The molecule has 2 nitrogen and oxygen atoms in total. The molecule has 0 spiro atoms. The minimum atomic E-state index is 0.510. The van der Waals surface area contributed by atoms with Crippen molar-refractivity contribution in [2.45, 2.75) is 71.3 Å². The SMILES string of the molecule is CCCCCCCCC(C)N(CCc1cccnc1)c1cccc(Cl)c1. The van der Waals surface area contributed by atoms with Gasteiger partial charge in [0, 0.05) is 35.7 Å². The first-order valence-corrected chi connectivity index (χ1v) is 10.5. The molecule has 0 bridgehead atoms. The van der Waals surface area contributed by atoms with E-state index in [1.807, 2.05) is 30.6 Å². The molecule has 0 aliphatic carbocycles. The Labute approximate surface area is 164 Å². The highest BCUT2D eigenvalue weighted by atomic mass is 35.5. The molecule has 142 valence electrons. The van der Waals surface area contributed by atoms with Crippen LogP contribution in [0.1, 0.15) is 64.4 Å². The number of unbranched alkanes of at least 4 members (excludes halogenated alkanes) is 5. The van der Waals surface area contributed by atoms with Gasteiger partial charge < -0.3 is 4.90 Å². The van der Waals surface area contributed by atoms with Crippen molar-refractivity contribution in [2.75, 3.05) is 11.4 Å². The highest BCUT2D eigenvalue weighted by molar-refractivity contribution is 6.30. The Morgan fingerprint density at radius 1 is 1.04 bits per heavy atom. The van der Waals surface area contributed by atoms with E-state index in [0.717, 1.165) is 18.0 Å². The molecule has 2 aromatic rings. The van der Waals surface area contributed by atoms with E-state index in [-0.39, 0.29) is 0 Å². The molecule has 0 radical (unpaired) electrons. The molecule has 1 heterocycles. The second-order valence-corrected chi connectivity index (χ2v) is 7.63. The van der Waals surface area contributed by atoms with Gasteiger partial charge in [0.15, 0.2) is 0 Å². The molecule has 2 rings (SSSR count). The Kier molecular flexibility index (Phi) is 9.55. The van der Waals surface area contributed by atoms with Crippen molar-refractivity contribution < 1.29 is 0 Å². The van der Waals surface area contributed by atoms with E-state index in [1.165, 1.54) is 56.2 Å². The molecule has 26 heavy (non-hydrogen) atoms. The van der Waals surface area contributed by atoms with Crippen LogP contribution in [0.25, 0.3) is 0 Å². The summed E-state index contributed by atoms with van der Waals surface area (Å²) in [5.41, 5.74) is 2.51. The van der Waals surface area contributed by atoms with Gasteiger partial charge in [0.1, 0.15) is 0 Å². The third kappa shape index (κ3) is 7.37. The van der Waals surface area contributed by atoms with Crippen LogP contribution in [0.4, 0.5) is 5.69 Å². The largest absolute Gasteiger partial charge is 0.368 e. The maximum atomic E-state index is 6.25. The van der Waals surface area contributed by atoms with Crippen LogP contribution >= 0.6 is 11.6 Å². The molecule has 1 atom stereocenters. The Morgan fingerprint density at radius 2 is 1.85 bits per heavy atom. The number of pyridine rings is 1. The normalized spacial score (nSPS) is 12.1. The van der Waals surface area contributed by atoms with Crippen LogP contribution in [-0.2, 0) is 6.42 Å². The fourth-order valence-corrected chi connectivity index (χ4v) is 3.61. The fourth-order valence-electron chi connectivity index (χ4n) is 3.43. The zero-order valence-electron chi connectivity index (χ0n) is 16.3. The molecular formula is C23H33ClN2. The van der Waals surface area contributed by atoms with Gasteiger partial charge in [0.25, 0.3) is 0 Å². The Morgan fingerprint density at radius 3 is 2.58 bits per heavy atom. The van der Waals surface area contributed by atoms with Crippen LogP contribution in [-0.4, -0.2) is 17.6 Å². The van der Waals surface area contributed by atoms with Gasteiger partial charge in [-0.2, -0.15) is 0 Å². The number of halogens is 1. The van der Waals surface area contributed by atoms with Crippen LogP contribution in [0.2, 0.25) is 5.02 Å². The monoisotopic (exact) mass is 372 g/mol. The maximum absolute atomic E-state index is 6.25. The number of aromatic nitrogens is 1. The Hall–Kier alpha value is -1.54. The maximum Gasteiger partial charge on any atom is 0.0426 e. The predicted octanol–water partition coefficient (Wildman–Crippen LogP) is 6.92. The van der Waals surface area contributed by atoms with Crippen molar-refractivity contribution >= 4 is 17.3 Å². The van der Waals surface area contributed by atoms with Gasteiger partial charge in [-0.25, -0.2) is 0 Å². The summed E-state index contributed by atoms with van der Waals surface area (Å²) < 4.78 is 0. The smallest absolute Gasteiger partial charge is 0.0426 e. The van der Waals surface area contributed by atoms with Crippen LogP contribution in [0.5, 0.6) is 0 Å². The van der Waals surface area contributed by atoms with Crippen molar-refractivity contribution in [3.63, 3.8) is 0 Å². The highest BCUT2D eigenvalue weighted by Gasteiger charge is 2.15. The predicted molar refractivity (Wildman–Crippen MR) is 114 cm³/mol. The van der Waals surface area contributed by atoms with Gasteiger partial charge in [-0.15, -0.1) is 0 Å². The Bertz CT molecular complexity index is 615. The summed E-state index contributed by atoms with van der Waals surface area (Å²) in [7, 11) is 0. The topological polar surface area (TPSA) is 16.1 Å². The lowest BCUT2D eigenvalue weighted by Crippen LogP contribution is -2.35. The third-order valence-electron chi connectivity index (χ3n) is 5.01. The van der Waals surface area contributed by atoms with E-state index in [4.69, 9.17) is 11.6 Å². The molecule has 1 aromatic carbocycles. The van der Waals surface area contributed by atoms with E-state index >= 15 is 0 Å². The lowest BCUT2D eigenvalue weighted by atomic mass is 10.0. The molecule has 0 fully saturated rings. The van der Waals surface area contributed by atoms with Gasteiger partial charge in [0.05, 0.1) is 0 Å². The van der Waals surface area contributed by atoms with Crippen LogP contribution in [0.15, 0.2) is 48.8 Å². The molecular weight excluding hydrogens is 340 g/mol. The summed E-state index contributed by atoms with van der Waals surface area (Å²) in [5, 5.41) is 0.806. The zero-order chi connectivity index (χ0) is 18.6. The summed E-state index contributed by atoms with van der Waals surface area (Å²) in [6.45, 7) is 5.60. The summed E-state index contributed by atoms with van der Waals surface area (Å²) in [6.07, 6.45) is 14.1. The van der Waals surface area contributed by atoms with Gasteiger partial charge in [-0.1, -0.05) is 69.2 Å². The van der Waals surface area contributed by atoms with Gasteiger partial charge in [-0.3, -0.25) is 4.98 Å². The molecule has 0 aliphatic heterocycles.